The van der Waals surface area contributed by atoms with Gasteiger partial charge in [0, 0.05) is 12.5 Å². The average Bonchev–Trinajstić information content (AvgIpc) is 3.19. The zero-order chi connectivity index (χ0) is 18.0. The minimum absolute atomic E-state index is 0.274. The number of nitrogens with zero attached hydrogens (tertiary/aromatic N) is 3. The molecule has 25 heavy (non-hydrogen) atoms. The van der Waals surface area contributed by atoms with Crippen LogP contribution in [0, 0.1) is 26.7 Å². The third kappa shape index (κ3) is 4.00. The third-order valence-electron chi connectivity index (χ3n) is 4.31. The van der Waals surface area contributed by atoms with Gasteiger partial charge in [-0.1, -0.05) is 19.0 Å². The summed E-state index contributed by atoms with van der Waals surface area (Å²) in [5.74, 6) is 3.35. The van der Waals surface area contributed by atoms with E-state index in [2.05, 4.69) is 29.0 Å². The molecule has 1 aliphatic heterocycles. The van der Waals surface area contributed by atoms with Crippen molar-refractivity contribution in [1.29, 1.82) is 0 Å². The van der Waals surface area contributed by atoms with E-state index in [4.69, 9.17) is 14.0 Å². The molecule has 1 aromatic carbocycles. The van der Waals surface area contributed by atoms with Crippen molar-refractivity contribution in [2.45, 2.75) is 47.1 Å². The molecule has 0 N–H and O–H groups in total. The summed E-state index contributed by atoms with van der Waals surface area (Å²) in [5, 5.41) is 3.97. The molecule has 2 aromatic rings. The molecule has 3 rings (SSSR count). The van der Waals surface area contributed by atoms with Gasteiger partial charge in [-0.05, 0) is 43.0 Å². The first-order chi connectivity index (χ1) is 11.9. The summed E-state index contributed by atoms with van der Waals surface area (Å²) in [6, 6.07) is 4.31. The Hall–Kier alpha value is -2.37. The fourth-order valence-corrected chi connectivity index (χ4v) is 2.88. The Labute approximate surface area is 148 Å². The summed E-state index contributed by atoms with van der Waals surface area (Å²) >= 11 is 0. The van der Waals surface area contributed by atoms with Crippen molar-refractivity contribution >= 4 is 5.90 Å². The predicted octanol–water partition coefficient (Wildman–Crippen LogP) is 3.88. The molecule has 0 amide bonds. The van der Waals surface area contributed by atoms with Crippen LogP contribution in [-0.2, 0) is 4.74 Å². The fourth-order valence-electron chi connectivity index (χ4n) is 2.88. The first-order valence-corrected chi connectivity index (χ1v) is 8.68. The topological polar surface area (TPSA) is 69.7 Å². The lowest BCUT2D eigenvalue weighted by Crippen LogP contribution is -2.13. The van der Waals surface area contributed by atoms with Crippen LogP contribution in [0.25, 0.3) is 11.4 Å². The van der Waals surface area contributed by atoms with Crippen LogP contribution in [0.15, 0.2) is 21.6 Å². The zero-order valence-electron chi connectivity index (χ0n) is 15.5. The minimum atomic E-state index is 0.274. The summed E-state index contributed by atoms with van der Waals surface area (Å²) in [7, 11) is 0. The zero-order valence-corrected chi connectivity index (χ0v) is 15.5. The molecule has 0 saturated carbocycles. The summed E-state index contributed by atoms with van der Waals surface area (Å²) in [6.07, 6.45) is 0.688. The van der Waals surface area contributed by atoms with Crippen molar-refractivity contribution in [3.8, 4) is 17.1 Å². The first kappa shape index (κ1) is 17.5. The van der Waals surface area contributed by atoms with Crippen molar-refractivity contribution in [3.05, 3.63) is 29.2 Å². The maximum Gasteiger partial charge on any atom is 0.223 e. The maximum absolute atomic E-state index is 6.00. The van der Waals surface area contributed by atoms with Crippen LogP contribution < -0.4 is 4.74 Å². The van der Waals surface area contributed by atoms with Gasteiger partial charge in [0.1, 0.15) is 12.4 Å². The molecule has 134 valence electrons. The Bertz CT molecular complexity index is 757. The number of benzene rings is 1. The molecule has 0 bridgehead atoms. The highest BCUT2D eigenvalue weighted by atomic mass is 16.5. The van der Waals surface area contributed by atoms with Crippen molar-refractivity contribution in [3.63, 3.8) is 0 Å². The Kier molecular flexibility index (Phi) is 5.06. The van der Waals surface area contributed by atoms with E-state index < -0.39 is 0 Å². The van der Waals surface area contributed by atoms with Gasteiger partial charge in [0.15, 0.2) is 5.90 Å². The van der Waals surface area contributed by atoms with Gasteiger partial charge >= 0.3 is 0 Å². The molecule has 2 heterocycles. The summed E-state index contributed by atoms with van der Waals surface area (Å²) in [4.78, 5) is 8.88. The lowest BCUT2D eigenvalue weighted by Gasteiger charge is -2.13. The molecule has 0 aliphatic carbocycles. The maximum atomic E-state index is 6.00. The number of aromatic nitrogens is 2. The lowest BCUT2D eigenvalue weighted by atomic mass is 10.1. The van der Waals surface area contributed by atoms with Gasteiger partial charge in [-0.25, -0.2) is 4.99 Å². The van der Waals surface area contributed by atoms with Gasteiger partial charge in [-0.15, -0.1) is 0 Å². The fraction of sp³-hybridized carbons (Fsp3) is 0.526. The Morgan fingerprint density at radius 2 is 1.92 bits per heavy atom. The Balaban J connectivity index is 1.64. The number of hydrogen-bond donors (Lipinski definition) is 0. The van der Waals surface area contributed by atoms with E-state index in [0.29, 0.717) is 37.3 Å². The Morgan fingerprint density at radius 1 is 1.20 bits per heavy atom. The van der Waals surface area contributed by atoms with Crippen molar-refractivity contribution < 1.29 is 14.0 Å². The quantitative estimate of drug-likeness (QED) is 0.796. The van der Waals surface area contributed by atoms with E-state index in [9.17, 15) is 0 Å². The van der Waals surface area contributed by atoms with Crippen LogP contribution in [0.5, 0.6) is 5.75 Å². The van der Waals surface area contributed by atoms with Crippen LogP contribution >= 0.6 is 0 Å². The summed E-state index contributed by atoms with van der Waals surface area (Å²) in [6.45, 7) is 11.4. The van der Waals surface area contributed by atoms with E-state index in [-0.39, 0.29) is 6.04 Å². The predicted molar refractivity (Wildman–Crippen MR) is 96.1 cm³/mol. The van der Waals surface area contributed by atoms with Gasteiger partial charge in [-0.3, -0.25) is 0 Å². The van der Waals surface area contributed by atoms with Crippen molar-refractivity contribution in [2.24, 2.45) is 10.9 Å². The molecule has 1 unspecified atom stereocenters. The molecule has 1 aliphatic rings. The van der Waals surface area contributed by atoms with Gasteiger partial charge in [0.25, 0.3) is 0 Å². The molecule has 6 heteroatoms. The minimum Gasteiger partial charge on any atom is -0.493 e. The van der Waals surface area contributed by atoms with E-state index in [1.165, 1.54) is 0 Å². The van der Waals surface area contributed by atoms with Gasteiger partial charge < -0.3 is 14.0 Å². The second kappa shape index (κ2) is 7.25. The summed E-state index contributed by atoms with van der Waals surface area (Å²) in [5.41, 5.74) is 3.03. The van der Waals surface area contributed by atoms with Crippen LogP contribution in [0.2, 0.25) is 0 Å². The van der Waals surface area contributed by atoms with Crippen LogP contribution in [0.1, 0.15) is 37.3 Å². The molecule has 1 aromatic heterocycles. The highest BCUT2D eigenvalue weighted by Crippen LogP contribution is 2.29. The van der Waals surface area contributed by atoms with Crippen molar-refractivity contribution in [1.82, 2.24) is 10.1 Å². The molecular formula is C19H25N3O3. The largest absolute Gasteiger partial charge is 0.493 e. The SMILES string of the molecule is Cc1nc(-c2cc(C)c(OCCC3=NC(C(C)C)CO3)c(C)c2)no1. The number of hydrogen-bond acceptors (Lipinski definition) is 6. The Morgan fingerprint density at radius 3 is 2.48 bits per heavy atom. The second-order valence-corrected chi connectivity index (χ2v) is 6.82. The first-order valence-electron chi connectivity index (χ1n) is 8.68. The van der Waals surface area contributed by atoms with Gasteiger partial charge in [0.05, 0.1) is 19.1 Å². The smallest absolute Gasteiger partial charge is 0.223 e. The number of ether oxygens (including phenoxy) is 2. The van der Waals surface area contributed by atoms with E-state index >= 15 is 0 Å². The molecule has 0 spiro atoms. The molecule has 6 nitrogen and oxygen atoms in total. The normalized spacial score (nSPS) is 16.9. The van der Waals surface area contributed by atoms with Crippen LogP contribution in [0.4, 0.5) is 0 Å². The van der Waals surface area contributed by atoms with Gasteiger partial charge in [-0.2, -0.15) is 4.98 Å². The lowest BCUT2D eigenvalue weighted by molar-refractivity contribution is 0.271. The molecular weight excluding hydrogens is 318 g/mol. The number of rotatable bonds is 6. The van der Waals surface area contributed by atoms with E-state index in [0.717, 1.165) is 28.3 Å². The molecule has 0 saturated heterocycles. The van der Waals surface area contributed by atoms with Crippen molar-refractivity contribution in [2.75, 3.05) is 13.2 Å². The molecule has 0 radical (unpaired) electrons. The molecule has 0 fully saturated rings. The van der Waals surface area contributed by atoms with E-state index in [1.807, 2.05) is 26.0 Å². The average molecular weight is 343 g/mol. The van der Waals surface area contributed by atoms with Crippen LogP contribution in [0.3, 0.4) is 0 Å². The standard InChI is InChI=1S/C19H25N3O3/c1-11(2)16-10-24-17(21-16)6-7-23-18-12(3)8-15(9-13(18)4)19-20-14(5)25-22-19/h8-9,11,16H,6-7,10H2,1-5H3. The number of aliphatic imine (C=N–C) groups is 1. The van der Waals surface area contributed by atoms with Crippen LogP contribution in [-0.4, -0.2) is 35.3 Å². The number of aryl methyl sites for hydroxylation is 3. The van der Waals surface area contributed by atoms with E-state index in [1.54, 1.807) is 6.92 Å². The third-order valence-corrected chi connectivity index (χ3v) is 4.31. The monoisotopic (exact) mass is 343 g/mol. The van der Waals surface area contributed by atoms with Gasteiger partial charge in [0.2, 0.25) is 11.7 Å². The highest BCUT2D eigenvalue weighted by Gasteiger charge is 2.21. The molecule has 1 atom stereocenters. The highest BCUT2D eigenvalue weighted by molar-refractivity contribution is 5.77. The second-order valence-electron chi connectivity index (χ2n) is 6.82. The summed E-state index contributed by atoms with van der Waals surface area (Å²) < 4.78 is 16.7.